The van der Waals surface area contributed by atoms with Gasteiger partial charge in [-0.15, -0.1) is 0 Å². The molecule has 8 nitrogen and oxygen atoms in total. The molecule has 170 valence electrons. The Morgan fingerprint density at radius 2 is 1.81 bits per heavy atom. The van der Waals surface area contributed by atoms with Crippen LogP contribution in [0, 0.1) is 0 Å². The molecule has 0 bridgehead atoms. The molecule has 1 atom stereocenters. The molecule has 2 aromatic carbocycles. The summed E-state index contributed by atoms with van der Waals surface area (Å²) in [5, 5.41) is 4.17. The molecule has 1 saturated heterocycles. The van der Waals surface area contributed by atoms with Crippen LogP contribution in [0.15, 0.2) is 47.0 Å². The highest BCUT2D eigenvalue weighted by Gasteiger charge is 2.24. The molecule has 0 saturated carbocycles. The predicted molar refractivity (Wildman–Crippen MR) is 119 cm³/mol. The third-order valence-corrected chi connectivity index (χ3v) is 5.56. The average Bonchev–Trinajstić information content (AvgIpc) is 3.30. The molecule has 2 heterocycles. The first-order chi connectivity index (χ1) is 15.7. The largest absolute Gasteiger partial charge is 0.493 e. The molecule has 1 fully saturated rings. The molecule has 3 aromatic rings. The molecule has 32 heavy (non-hydrogen) atoms. The molecular formula is C24H29N3O5. The third kappa shape index (κ3) is 5.03. The van der Waals surface area contributed by atoms with Crippen molar-refractivity contribution in [3.05, 3.63) is 53.9 Å². The van der Waals surface area contributed by atoms with E-state index in [2.05, 4.69) is 27.2 Å². The second kappa shape index (κ2) is 10.5. The zero-order chi connectivity index (χ0) is 22.3. The quantitative estimate of drug-likeness (QED) is 0.496. The Kier molecular flexibility index (Phi) is 7.24. The van der Waals surface area contributed by atoms with Crippen LogP contribution in [-0.2, 0) is 17.9 Å². The molecule has 4 rings (SSSR count). The Morgan fingerprint density at radius 3 is 2.56 bits per heavy atom. The summed E-state index contributed by atoms with van der Waals surface area (Å²) < 4.78 is 28.0. The van der Waals surface area contributed by atoms with Gasteiger partial charge in [0.25, 0.3) is 0 Å². The highest BCUT2D eigenvalue weighted by Crippen LogP contribution is 2.43. The van der Waals surface area contributed by atoms with Gasteiger partial charge in [-0.25, -0.2) is 0 Å². The van der Waals surface area contributed by atoms with Crippen LogP contribution in [0.2, 0.25) is 0 Å². The number of likely N-dealkylation sites (tertiary alicyclic amines) is 1. The number of aromatic nitrogens is 2. The molecule has 1 aliphatic rings. The van der Waals surface area contributed by atoms with Crippen LogP contribution in [0.3, 0.4) is 0 Å². The number of methoxy groups -OCH3 is 3. The minimum atomic E-state index is 0.192. The zero-order valence-corrected chi connectivity index (χ0v) is 18.7. The minimum absolute atomic E-state index is 0.192. The number of piperidine rings is 1. The molecule has 8 heteroatoms. The lowest BCUT2D eigenvalue weighted by molar-refractivity contribution is -0.0141. The van der Waals surface area contributed by atoms with Crippen LogP contribution in [0.1, 0.15) is 24.3 Å². The predicted octanol–water partition coefficient (Wildman–Crippen LogP) is 3.94. The summed E-state index contributed by atoms with van der Waals surface area (Å²) in [6.45, 7) is 3.02. The molecule has 0 aliphatic carbocycles. The lowest BCUT2D eigenvalue weighted by Crippen LogP contribution is -2.39. The van der Waals surface area contributed by atoms with E-state index in [0.29, 0.717) is 47.7 Å². The third-order valence-electron chi connectivity index (χ3n) is 5.56. The molecule has 0 spiro atoms. The average molecular weight is 440 g/mol. The van der Waals surface area contributed by atoms with Crippen molar-refractivity contribution in [3.8, 4) is 28.6 Å². The van der Waals surface area contributed by atoms with Gasteiger partial charge in [-0.05, 0) is 37.1 Å². The van der Waals surface area contributed by atoms with Crippen molar-refractivity contribution in [2.45, 2.75) is 32.1 Å². The Balaban J connectivity index is 1.41. The minimum Gasteiger partial charge on any atom is -0.493 e. The first kappa shape index (κ1) is 22.1. The normalized spacial score (nSPS) is 16.7. The van der Waals surface area contributed by atoms with Gasteiger partial charge in [-0.1, -0.05) is 35.5 Å². The summed E-state index contributed by atoms with van der Waals surface area (Å²) in [5.41, 5.74) is 1.87. The molecule has 0 unspecified atom stereocenters. The van der Waals surface area contributed by atoms with Crippen LogP contribution < -0.4 is 14.2 Å². The van der Waals surface area contributed by atoms with Gasteiger partial charge >= 0.3 is 0 Å². The molecular weight excluding hydrogens is 410 g/mol. The summed E-state index contributed by atoms with van der Waals surface area (Å²) in [6.07, 6.45) is 2.32. The van der Waals surface area contributed by atoms with Crippen molar-refractivity contribution in [3.63, 3.8) is 0 Å². The summed E-state index contributed by atoms with van der Waals surface area (Å²) in [4.78, 5) is 6.89. The lowest BCUT2D eigenvalue weighted by atomic mass is 10.1. The lowest BCUT2D eigenvalue weighted by Gasteiger charge is -2.31. The number of ether oxygens (including phenoxy) is 4. The summed E-state index contributed by atoms with van der Waals surface area (Å²) in [6, 6.07) is 13.9. The van der Waals surface area contributed by atoms with E-state index in [-0.39, 0.29) is 6.10 Å². The van der Waals surface area contributed by atoms with Crippen LogP contribution in [0.5, 0.6) is 17.2 Å². The highest BCUT2D eigenvalue weighted by atomic mass is 16.5. The van der Waals surface area contributed by atoms with E-state index in [1.165, 1.54) is 5.56 Å². The van der Waals surface area contributed by atoms with Crippen LogP contribution in [-0.4, -0.2) is 55.6 Å². The summed E-state index contributed by atoms with van der Waals surface area (Å²) in [5.74, 6) is 2.58. The topological polar surface area (TPSA) is 79.1 Å². The molecule has 0 radical (unpaired) electrons. The molecule has 0 amide bonds. The van der Waals surface area contributed by atoms with E-state index in [0.717, 1.165) is 25.9 Å². The Labute approximate surface area is 188 Å². The van der Waals surface area contributed by atoms with Crippen molar-refractivity contribution >= 4 is 0 Å². The van der Waals surface area contributed by atoms with Gasteiger partial charge < -0.3 is 23.5 Å². The fourth-order valence-corrected chi connectivity index (χ4v) is 3.98. The maximum atomic E-state index is 6.14. The number of hydrogen-bond donors (Lipinski definition) is 0. The number of benzene rings is 2. The standard InChI is InChI=1S/C24H29N3O5/c1-28-20-12-11-19(22(29-2)23(20)30-3)24-25-21(32-26-24)15-27-13-7-10-18(14-27)31-16-17-8-5-4-6-9-17/h4-6,8-9,11-12,18H,7,10,13-16H2,1-3H3/t18-/m0/s1. The second-order valence-corrected chi connectivity index (χ2v) is 7.69. The van der Waals surface area contributed by atoms with E-state index in [1.54, 1.807) is 27.4 Å². The molecule has 1 aromatic heterocycles. The monoisotopic (exact) mass is 439 g/mol. The van der Waals surface area contributed by atoms with Crippen molar-refractivity contribution in [2.75, 3.05) is 34.4 Å². The first-order valence-corrected chi connectivity index (χ1v) is 10.7. The van der Waals surface area contributed by atoms with Gasteiger partial charge in [0.05, 0.1) is 46.1 Å². The zero-order valence-electron chi connectivity index (χ0n) is 18.7. The first-order valence-electron chi connectivity index (χ1n) is 10.7. The molecule has 1 aliphatic heterocycles. The van der Waals surface area contributed by atoms with Crippen molar-refractivity contribution in [1.82, 2.24) is 15.0 Å². The SMILES string of the molecule is COc1ccc(-c2noc(CN3CCC[C@H](OCc4ccccc4)C3)n2)c(OC)c1OC. The maximum absolute atomic E-state index is 6.14. The number of rotatable bonds is 9. The van der Waals surface area contributed by atoms with E-state index in [9.17, 15) is 0 Å². The fourth-order valence-electron chi connectivity index (χ4n) is 3.98. The van der Waals surface area contributed by atoms with Crippen molar-refractivity contribution < 1.29 is 23.5 Å². The van der Waals surface area contributed by atoms with Gasteiger partial charge in [0, 0.05) is 6.54 Å². The maximum Gasteiger partial charge on any atom is 0.241 e. The van der Waals surface area contributed by atoms with Crippen LogP contribution in [0.25, 0.3) is 11.4 Å². The number of nitrogens with zero attached hydrogens (tertiary/aromatic N) is 3. The highest BCUT2D eigenvalue weighted by molar-refractivity contribution is 5.71. The smallest absolute Gasteiger partial charge is 0.241 e. The van der Waals surface area contributed by atoms with E-state index in [1.807, 2.05) is 24.3 Å². The van der Waals surface area contributed by atoms with Crippen LogP contribution >= 0.6 is 0 Å². The summed E-state index contributed by atoms with van der Waals surface area (Å²) >= 11 is 0. The molecule has 0 N–H and O–H groups in total. The number of hydrogen-bond acceptors (Lipinski definition) is 8. The van der Waals surface area contributed by atoms with Crippen LogP contribution in [0.4, 0.5) is 0 Å². The van der Waals surface area contributed by atoms with Crippen molar-refractivity contribution in [1.29, 1.82) is 0 Å². The van der Waals surface area contributed by atoms with E-state index in [4.69, 9.17) is 23.5 Å². The summed E-state index contributed by atoms with van der Waals surface area (Å²) in [7, 11) is 4.72. The van der Waals surface area contributed by atoms with E-state index >= 15 is 0 Å². The van der Waals surface area contributed by atoms with Gasteiger partial charge in [-0.2, -0.15) is 4.98 Å². The Bertz CT molecular complexity index is 1010. The Morgan fingerprint density at radius 1 is 1.00 bits per heavy atom. The van der Waals surface area contributed by atoms with Gasteiger partial charge in [0.2, 0.25) is 17.5 Å². The van der Waals surface area contributed by atoms with E-state index < -0.39 is 0 Å². The van der Waals surface area contributed by atoms with Gasteiger partial charge in [-0.3, -0.25) is 4.90 Å². The Hall–Kier alpha value is -3.10. The second-order valence-electron chi connectivity index (χ2n) is 7.69. The fraction of sp³-hybridized carbons (Fsp3) is 0.417. The van der Waals surface area contributed by atoms with Gasteiger partial charge in [0.15, 0.2) is 11.5 Å². The van der Waals surface area contributed by atoms with Gasteiger partial charge in [0.1, 0.15) is 0 Å². The van der Waals surface area contributed by atoms with Crippen molar-refractivity contribution in [2.24, 2.45) is 0 Å².